The van der Waals surface area contributed by atoms with Crippen molar-refractivity contribution in [3.05, 3.63) is 29.8 Å². The molecule has 2 aliphatic heterocycles. The first kappa shape index (κ1) is 26.2. The summed E-state index contributed by atoms with van der Waals surface area (Å²) in [7, 11) is 0. The van der Waals surface area contributed by atoms with E-state index in [0.717, 1.165) is 5.56 Å². The molecule has 2 fully saturated rings. The van der Waals surface area contributed by atoms with Gasteiger partial charge in [-0.3, -0.25) is 4.79 Å². The Morgan fingerprint density at radius 1 is 1.09 bits per heavy atom. The number of hydrogen-bond donors (Lipinski definition) is 3. The number of benzene rings is 1. The molecule has 190 valence electrons. The number of aliphatic hydroxyl groups excluding tert-OH is 2. The smallest absolute Gasteiger partial charge is 0.410 e. The van der Waals surface area contributed by atoms with Crippen LogP contribution in [-0.4, -0.2) is 102 Å². The average molecular weight is 480 g/mol. The van der Waals surface area contributed by atoms with Gasteiger partial charge >= 0.3 is 6.09 Å². The Bertz CT molecular complexity index is 806. The van der Waals surface area contributed by atoms with E-state index in [1.165, 1.54) is 4.90 Å². The third kappa shape index (κ3) is 8.12. The summed E-state index contributed by atoms with van der Waals surface area (Å²) in [6, 6.07) is 6.98. The van der Waals surface area contributed by atoms with E-state index in [1.54, 1.807) is 37.8 Å². The molecule has 2 heterocycles. The summed E-state index contributed by atoms with van der Waals surface area (Å²) in [6.07, 6.45) is -1.86. The number of amides is 2. The molecule has 3 N–H and O–H groups in total. The van der Waals surface area contributed by atoms with E-state index in [1.807, 2.05) is 12.1 Å². The lowest BCUT2D eigenvalue weighted by Gasteiger charge is -2.28. The van der Waals surface area contributed by atoms with Gasteiger partial charge in [0.25, 0.3) is 5.91 Å². The number of aliphatic hydroxyl groups is 2. The molecule has 2 amide bonds. The van der Waals surface area contributed by atoms with Crippen LogP contribution < -0.4 is 10.1 Å². The van der Waals surface area contributed by atoms with Crippen molar-refractivity contribution in [2.45, 2.75) is 57.6 Å². The van der Waals surface area contributed by atoms with Crippen molar-refractivity contribution in [3.63, 3.8) is 0 Å². The zero-order chi connectivity index (χ0) is 24.7. The zero-order valence-electron chi connectivity index (χ0n) is 20.2. The van der Waals surface area contributed by atoms with E-state index in [4.69, 9.17) is 14.2 Å². The highest BCUT2D eigenvalue weighted by molar-refractivity contribution is 5.77. The van der Waals surface area contributed by atoms with E-state index < -0.39 is 23.9 Å². The molecule has 0 unspecified atom stereocenters. The Kier molecular flexibility index (Phi) is 9.12. The largest absolute Gasteiger partial charge is 0.484 e. The van der Waals surface area contributed by atoms with Crippen LogP contribution >= 0.6 is 0 Å². The van der Waals surface area contributed by atoms with E-state index in [0.29, 0.717) is 45.0 Å². The second kappa shape index (κ2) is 11.8. The van der Waals surface area contributed by atoms with Crippen molar-refractivity contribution in [2.24, 2.45) is 0 Å². The van der Waals surface area contributed by atoms with Gasteiger partial charge in [0, 0.05) is 25.7 Å². The number of carbonyl (C=O) groups excluding carboxylic acids is 2. The quantitative estimate of drug-likeness (QED) is 0.547. The highest BCUT2D eigenvalue weighted by Gasteiger charge is 2.33. The van der Waals surface area contributed by atoms with Gasteiger partial charge < -0.3 is 39.5 Å². The predicted octanol–water partition coefficient (Wildman–Crippen LogP) is 0.745. The van der Waals surface area contributed by atoms with Crippen molar-refractivity contribution in [1.29, 1.82) is 0 Å². The third-order valence-electron chi connectivity index (χ3n) is 5.70. The summed E-state index contributed by atoms with van der Waals surface area (Å²) in [5, 5.41) is 24.3. The summed E-state index contributed by atoms with van der Waals surface area (Å²) < 4.78 is 16.2. The molecule has 0 aliphatic carbocycles. The van der Waals surface area contributed by atoms with Crippen LogP contribution in [0.15, 0.2) is 24.3 Å². The van der Waals surface area contributed by atoms with Crippen molar-refractivity contribution in [2.75, 3.05) is 46.0 Å². The third-order valence-corrected chi connectivity index (χ3v) is 5.70. The highest BCUT2D eigenvalue weighted by Crippen LogP contribution is 2.18. The Labute approximate surface area is 200 Å². The Morgan fingerprint density at radius 3 is 2.41 bits per heavy atom. The molecule has 2 aliphatic rings. The first-order chi connectivity index (χ1) is 16.1. The molecule has 0 bridgehead atoms. The molecule has 2 saturated heterocycles. The molecule has 0 spiro atoms. The first-order valence-electron chi connectivity index (χ1n) is 11.8. The summed E-state index contributed by atoms with van der Waals surface area (Å²) in [6.45, 7) is 8.25. The number of rotatable bonds is 6. The van der Waals surface area contributed by atoms with Crippen LogP contribution in [-0.2, 0) is 20.8 Å². The lowest BCUT2D eigenvalue weighted by molar-refractivity contribution is -0.137. The number of likely N-dealkylation sites (tertiary alicyclic amines) is 1. The lowest BCUT2D eigenvalue weighted by atomic mass is 10.0. The van der Waals surface area contributed by atoms with E-state index in [-0.39, 0.29) is 31.6 Å². The molecule has 10 heteroatoms. The van der Waals surface area contributed by atoms with Gasteiger partial charge in [-0.15, -0.1) is 0 Å². The second-order valence-electron chi connectivity index (χ2n) is 9.76. The number of ether oxygens (including phenoxy) is 3. The normalized spacial score (nSPS) is 23.9. The van der Waals surface area contributed by atoms with E-state index in [2.05, 4.69) is 5.32 Å². The first-order valence-corrected chi connectivity index (χ1v) is 11.8. The van der Waals surface area contributed by atoms with Crippen LogP contribution in [0.1, 0.15) is 32.8 Å². The van der Waals surface area contributed by atoms with E-state index in [9.17, 15) is 19.8 Å². The number of nitrogens with one attached hydrogen (secondary N) is 1. The minimum atomic E-state index is -0.849. The maximum atomic E-state index is 12.4. The standard InChI is InChI=1S/C24H37N3O7/c1-24(2,3)34-23(31)27-14-18(28)12-20(21(29)15-27)25-13-17-4-6-19(7-5-17)33-16-22(30)26-8-10-32-11-9-26/h4-7,18,20-21,25,28-29H,8-16H2,1-3H3/t18-,20-,21-/m1/s1. The highest BCUT2D eigenvalue weighted by atomic mass is 16.6. The molecule has 0 saturated carbocycles. The molecular weight excluding hydrogens is 442 g/mol. The Morgan fingerprint density at radius 2 is 1.76 bits per heavy atom. The zero-order valence-corrected chi connectivity index (χ0v) is 20.2. The van der Waals surface area contributed by atoms with Gasteiger partial charge in [-0.05, 0) is 44.9 Å². The van der Waals surface area contributed by atoms with Crippen molar-refractivity contribution in [1.82, 2.24) is 15.1 Å². The van der Waals surface area contributed by atoms with Crippen LogP contribution in [0, 0.1) is 0 Å². The number of hydrogen-bond acceptors (Lipinski definition) is 8. The maximum absolute atomic E-state index is 12.4. The predicted molar refractivity (Wildman–Crippen MR) is 124 cm³/mol. The summed E-state index contributed by atoms with van der Waals surface area (Å²) in [5.74, 6) is 0.540. The number of morpholine rings is 1. The fraction of sp³-hybridized carbons (Fsp3) is 0.667. The van der Waals surface area contributed by atoms with Gasteiger partial charge in [-0.2, -0.15) is 0 Å². The van der Waals surface area contributed by atoms with Crippen molar-refractivity contribution >= 4 is 12.0 Å². The average Bonchev–Trinajstić information content (AvgIpc) is 2.94. The summed E-state index contributed by atoms with van der Waals surface area (Å²) in [4.78, 5) is 27.7. The number of nitrogens with zero attached hydrogens (tertiary/aromatic N) is 2. The van der Waals surface area contributed by atoms with Gasteiger partial charge in [0.05, 0.1) is 38.5 Å². The molecule has 3 rings (SSSR count). The summed E-state index contributed by atoms with van der Waals surface area (Å²) >= 11 is 0. The fourth-order valence-corrected chi connectivity index (χ4v) is 3.90. The molecule has 0 radical (unpaired) electrons. The minimum absolute atomic E-state index is 0.0160. The molecule has 3 atom stereocenters. The van der Waals surface area contributed by atoms with Gasteiger partial charge in [0.2, 0.25) is 0 Å². The van der Waals surface area contributed by atoms with Crippen LogP contribution in [0.2, 0.25) is 0 Å². The topological polar surface area (TPSA) is 121 Å². The van der Waals surface area contributed by atoms with Crippen molar-refractivity contribution < 1.29 is 34.0 Å². The molecule has 0 aromatic heterocycles. The fourth-order valence-electron chi connectivity index (χ4n) is 3.90. The van der Waals surface area contributed by atoms with Crippen LogP contribution in [0.3, 0.4) is 0 Å². The van der Waals surface area contributed by atoms with Gasteiger partial charge in [-0.25, -0.2) is 4.79 Å². The van der Waals surface area contributed by atoms with Crippen LogP contribution in [0.5, 0.6) is 5.75 Å². The lowest BCUT2D eigenvalue weighted by Crippen LogP contribution is -2.46. The molecule has 34 heavy (non-hydrogen) atoms. The van der Waals surface area contributed by atoms with Gasteiger partial charge in [0.1, 0.15) is 11.4 Å². The summed E-state index contributed by atoms with van der Waals surface area (Å²) in [5.41, 5.74) is 0.310. The maximum Gasteiger partial charge on any atom is 0.410 e. The Balaban J connectivity index is 1.46. The SMILES string of the molecule is CC(C)(C)OC(=O)N1C[C@H](O)C[C@@H](NCc2ccc(OCC(=O)N3CCOCC3)cc2)[C@H](O)C1. The van der Waals surface area contributed by atoms with Crippen LogP contribution in [0.25, 0.3) is 0 Å². The number of β-amino-alcohol motifs (C(OH)–C–C–N with tert-alkyl or cyclic N) is 2. The van der Waals surface area contributed by atoms with Gasteiger partial charge in [0.15, 0.2) is 6.61 Å². The van der Waals surface area contributed by atoms with Crippen molar-refractivity contribution in [3.8, 4) is 5.75 Å². The molecule has 1 aromatic rings. The number of carbonyl (C=O) groups is 2. The van der Waals surface area contributed by atoms with E-state index >= 15 is 0 Å². The molecule has 1 aromatic carbocycles. The van der Waals surface area contributed by atoms with Gasteiger partial charge in [-0.1, -0.05) is 12.1 Å². The Hall–Kier alpha value is -2.40. The van der Waals surface area contributed by atoms with Crippen LogP contribution in [0.4, 0.5) is 4.79 Å². The second-order valence-corrected chi connectivity index (χ2v) is 9.76. The minimum Gasteiger partial charge on any atom is -0.484 e. The molecular formula is C24H37N3O7. The monoisotopic (exact) mass is 479 g/mol. The molecule has 10 nitrogen and oxygen atoms in total.